The average molecular weight is 167 g/mol. The van der Waals surface area contributed by atoms with Crippen molar-refractivity contribution in [3.8, 4) is 0 Å². The van der Waals surface area contributed by atoms with Crippen molar-refractivity contribution in [1.29, 1.82) is 0 Å². The van der Waals surface area contributed by atoms with Crippen molar-refractivity contribution in [1.82, 2.24) is 20.2 Å². The van der Waals surface area contributed by atoms with Crippen LogP contribution in [0.3, 0.4) is 0 Å². The molecule has 1 aromatic rings. The number of tetrazole rings is 1. The third kappa shape index (κ3) is 2.40. The van der Waals surface area contributed by atoms with E-state index < -0.39 is 12.7 Å². The van der Waals surface area contributed by atoms with Crippen LogP contribution in [0.1, 0.15) is 0 Å². The Bertz CT molecular complexity index is 239. The third-order valence-electron chi connectivity index (χ3n) is 0.789. The van der Waals surface area contributed by atoms with Gasteiger partial charge in [0.2, 0.25) is 0 Å². The van der Waals surface area contributed by atoms with Crippen LogP contribution in [0.2, 0.25) is 0 Å². The van der Waals surface area contributed by atoms with Crippen LogP contribution in [0.5, 0.6) is 0 Å². The number of hydrogen-bond acceptors (Lipinski definition) is 4. The minimum atomic E-state index is -4.34. The van der Waals surface area contributed by atoms with Crippen LogP contribution >= 0.6 is 0 Å². The molecule has 8 heteroatoms. The molecule has 0 radical (unpaired) electrons. The topological polar surface area (TPSA) is 69.6 Å². The first-order valence-electron chi connectivity index (χ1n) is 2.57. The summed E-state index contributed by atoms with van der Waals surface area (Å²) in [5, 5.41) is 9.24. The lowest BCUT2D eigenvalue weighted by Crippen LogP contribution is -2.19. The van der Waals surface area contributed by atoms with Crippen molar-refractivity contribution in [2.24, 2.45) is 0 Å². The van der Waals surface area contributed by atoms with Crippen molar-refractivity contribution in [3.63, 3.8) is 0 Å². The van der Waals surface area contributed by atoms with Crippen molar-refractivity contribution in [2.75, 3.05) is 5.73 Å². The second-order valence-corrected chi connectivity index (χ2v) is 1.79. The highest BCUT2D eigenvalue weighted by Crippen LogP contribution is 2.15. The molecule has 5 nitrogen and oxygen atoms in total. The Morgan fingerprint density at radius 2 is 2.09 bits per heavy atom. The van der Waals surface area contributed by atoms with Crippen LogP contribution in [0, 0.1) is 0 Å². The minimum absolute atomic E-state index is 0.269. The molecule has 0 fully saturated rings. The molecular formula is C3H4F3N5. The first-order chi connectivity index (χ1) is 4.97. The number of aromatic nitrogens is 4. The maximum Gasteiger partial charge on any atom is 0.409 e. The predicted molar refractivity (Wildman–Crippen MR) is 28.3 cm³/mol. The number of hydrogen-bond donors (Lipinski definition) is 1. The molecule has 0 atom stereocenters. The van der Waals surface area contributed by atoms with Crippen LogP contribution in [-0.2, 0) is 6.54 Å². The number of rotatable bonds is 1. The monoisotopic (exact) mass is 167 g/mol. The van der Waals surface area contributed by atoms with Crippen LogP contribution in [0.4, 0.5) is 19.1 Å². The smallest absolute Gasteiger partial charge is 0.365 e. The minimum Gasteiger partial charge on any atom is -0.365 e. The summed E-state index contributed by atoms with van der Waals surface area (Å²) >= 11 is 0. The first-order valence-corrected chi connectivity index (χ1v) is 2.57. The van der Waals surface area contributed by atoms with Gasteiger partial charge in [0.05, 0.1) is 0 Å². The molecular weight excluding hydrogens is 163 g/mol. The van der Waals surface area contributed by atoms with E-state index in [1.165, 1.54) is 0 Å². The van der Waals surface area contributed by atoms with Crippen LogP contribution < -0.4 is 5.73 Å². The number of halogens is 3. The van der Waals surface area contributed by atoms with E-state index in [-0.39, 0.29) is 5.95 Å². The van der Waals surface area contributed by atoms with Gasteiger partial charge < -0.3 is 5.73 Å². The van der Waals surface area contributed by atoms with Gasteiger partial charge in [-0.05, 0) is 5.21 Å². The third-order valence-corrected chi connectivity index (χ3v) is 0.789. The Morgan fingerprint density at radius 1 is 1.45 bits per heavy atom. The molecule has 11 heavy (non-hydrogen) atoms. The molecule has 0 saturated carbocycles. The molecule has 2 N–H and O–H groups in total. The lowest BCUT2D eigenvalue weighted by Gasteiger charge is -2.02. The Hall–Kier alpha value is -1.34. The van der Waals surface area contributed by atoms with Gasteiger partial charge in [0.1, 0.15) is 0 Å². The van der Waals surface area contributed by atoms with E-state index in [1.54, 1.807) is 0 Å². The zero-order valence-electron chi connectivity index (χ0n) is 5.21. The highest BCUT2D eigenvalue weighted by atomic mass is 19.4. The second kappa shape index (κ2) is 2.36. The molecule has 0 amide bonds. The summed E-state index contributed by atoms with van der Waals surface area (Å²) in [5.74, 6) is -0.269. The fourth-order valence-electron chi connectivity index (χ4n) is 0.483. The summed E-state index contributed by atoms with van der Waals surface area (Å²) in [6, 6.07) is 0. The zero-order valence-corrected chi connectivity index (χ0v) is 5.21. The van der Waals surface area contributed by atoms with Gasteiger partial charge >= 0.3 is 6.18 Å². The normalized spacial score (nSPS) is 11.9. The largest absolute Gasteiger partial charge is 0.409 e. The highest BCUT2D eigenvalue weighted by molar-refractivity contribution is 5.06. The van der Waals surface area contributed by atoms with Gasteiger partial charge in [0.25, 0.3) is 5.95 Å². The van der Waals surface area contributed by atoms with Crippen molar-refractivity contribution < 1.29 is 13.2 Å². The summed E-state index contributed by atoms with van der Waals surface area (Å²) in [5.41, 5.74) is 4.92. The van der Waals surface area contributed by atoms with Crippen molar-refractivity contribution in [2.45, 2.75) is 12.7 Å². The molecule has 1 heterocycles. The van der Waals surface area contributed by atoms with Crippen molar-refractivity contribution in [3.05, 3.63) is 0 Å². The first kappa shape index (κ1) is 7.76. The van der Waals surface area contributed by atoms with Gasteiger partial charge in [0.15, 0.2) is 6.54 Å². The maximum atomic E-state index is 11.6. The number of alkyl halides is 3. The molecule has 0 spiro atoms. The fraction of sp³-hybridized carbons (Fsp3) is 0.667. The van der Waals surface area contributed by atoms with Crippen LogP contribution in [-0.4, -0.2) is 26.4 Å². The molecule has 0 aromatic carbocycles. The van der Waals surface area contributed by atoms with Gasteiger partial charge in [-0.15, -0.1) is 5.10 Å². The van der Waals surface area contributed by atoms with Gasteiger partial charge in [0, 0.05) is 0 Å². The summed E-state index contributed by atoms with van der Waals surface area (Å²) in [6.45, 7) is -1.27. The van der Waals surface area contributed by atoms with Crippen LogP contribution in [0.15, 0.2) is 0 Å². The van der Waals surface area contributed by atoms with Crippen molar-refractivity contribution >= 4 is 5.95 Å². The number of nitrogen functional groups attached to an aromatic ring is 1. The lowest BCUT2D eigenvalue weighted by molar-refractivity contribution is -0.145. The SMILES string of the molecule is Nc1nnn(CC(F)(F)F)n1. The van der Waals surface area contributed by atoms with E-state index >= 15 is 0 Å². The zero-order chi connectivity index (χ0) is 8.48. The van der Waals surface area contributed by atoms with E-state index in [0.717, 1.165) is 0 Å². The fourth-order valence-corrected chi connectivity index (χ4v) is 0.483. The number of nitrogens with zero attached hydrogens (tertiary/aromatic N) is 4. The standard InChI is InChI=1S/C3H4F3N5/c4-3(5,6)1-11-9-2(7)8-10-11/h1H2,(H2,7,9). The Morgan fingerprint density at radius 3 is 2.45 bits per heavy atom. The van der Waals surface area contributed by atoms with Crippen LogP contribution in [0.25, 0.3) is 0 Å². The molecule has 0 aliphatic rings. The maximum absolute atomic E-state index is 11.6. The predicted octanol–water partition coefficient (Wildman–Crippen LogP) is -0.182. The molecule has 0 bridgehead atoms. The Kier molecular flexibility index (Phi) is 1.67. The molecule has 0 aliphatic carbocycles. The summed E-state index contributed by atoms with van der Waals surface area (Å²) in [7, 11) is 0. The van der Waals surface area contributed by atoms with Gasteiger partial charge in [-0.1, -0.05) is 5.10 Å². The van der Waals surface area contributed by atoms with E-state index in [0.29, 0.717) is 4.80 Å². The number of anilines is 1. The van der Waals surface area contributed by atoms with Gasteiger partial charge in [-0.2, -0.15) is 18.0 Å². The summed E-state index contributed by atoms with van der Waals surface area (Å²) in [6.07, 6.45) is -4.34. The molecule has 0 aliphatic heterocycles. The van der Waals surface area contributed by atoms with Gasteiger partial charge in [-0.25, -0.2) is 0 Å². The molecule has 0 saturated heterocycles. The van der Waals surface area contributed by atoms with E-state index in [2.05, 4.69) is 15.4 Å². The summed E-state index contributed by atoms with van der Waals surface area (Å²) in [4.78, 5) is 0.384. The highest BCUT2D eigenvalue weighted by Gasteiger charge is 2.29. The Labute approximate surface area is 59.0 Å². The number of nitrogens with two attached hydrogens (primary N) is 1. The van der Waals surface area contributed by atoms with E-state index in [1.807, 2.05) is 0 Å². The summed E-state index contributed by atoms with van der Waals surface area (Å²) < 4.78 is 34.7. The van der Waals surface area contributed by atoms with Gasteiger partial charge in [-0.3, -0.25) is 0 Å². The molecule has 62 valence electrons. The quantitative estimate of drug-likeness (QED) is 0.629. The van der Waals surface area contributed by atoms with E-state index in [4.69, 9.17) is 5.73 Å². The average Bonchev–Trinajstić information content (AvgIpc) is 2.10. The Balaban J connectivity index is 2.65. The molecule has 1 aromatic heterocycles. The second-order valence-electron chi connectivity index (χ2n) is 1.79. The van der Waals surface area contributed by atoms with E-state index in [9.17, 15) is 13.2 Å². The molecule has 1 rings (SSSR count). The molecule has 0 unspecified atom stereocenters. The lowest BCUT2D eigenvalue weighted by atomic mass is 10.7.